The molecule has 0 aromatic heterocycles. The third-order valence-electron chi connectivity index (χ3n) is 4.98. The molecule has 0 radical (unpaired) electrons. The van der Waals surface area contributed by atoms with Gasteiger partial charge in [0.2, 0.25) is 5.91 Å². The van der Waals surface area contributed by atoms with Crippen molar-refractivity contribution in [3.05, 3.63) is 75.8 Å². The highest BCUT2D eigenvalue weighted by Gasteiger charge is 2.21. The number of amides is 2. The minimum absolute atomic E-state index is 0.00348. The van der Waals surface area contributed by atoms with Crippen LogP contribution in [-0.4, -0.2) is 34.7 Å². The Balaban J connectivity index is 1.61. The van der Waals surface area contributed by atoms with Crippen LogP contribution in [0.3, 0.4) is 0 Å². The van der Waals surface area contributed by atoms with E-state index >= 15 is 0 Å². The Bertz CT molecular complexity index is 929. The summed E-state index contributed by atoms with van der Waals surface area (Å²) in [5, 5.41) is 13.4. The van der Waals surface area contributed by atoms with Crippen molar-refractivity contribution in [2.24, 2.45) is 5.92 Å². The molecular formula is C22H23N3O4. The number of rotatable bonds is 5. The summed E-state index contributed by atoms with van der Waals surface area (Å²) in [6, 6.07) is 12.8. The van der Waals surface area contributed by atoms with Gasteiger partial charge in [0, 0.05) is 42.5 Å². The molecule has 150 valence electrons. The van der Waals surface area contributed by atoms with Gasteiger partial charge in [0.15, 0.2) is 0 Å². The van der Waals surface area contributed by atoms with Gasteiger partial charge in [-0.3, -0.25) is 19.7 Å². The van der Waals surface area contributed by atoms with Gasteiger partial charge in [-0.1, -0.05) is 13.0 Å². The first-order valence-corrected chi connectivity index (χ1v) is 9.55. The Kier molecular flexibility index (Phi) is 6.39. The number of hydrogen-bond donors (Lipinski definition) is 1. The molecular weight excluding hydrogens is 370 g/mol. The van der Waals surface area contributed by atoms with Crippen LogP contribution in [0.4, 0.5) is 11.4 Å². The van der Waals surface area contributed by atoms with Gasteiger partial charge < -0.3 is 10.2 Å². The highest BCUT2D eigenvalue weighted by atomic mass is 16.6. The van der Waals surface area contributed by atoms with E-state index in [0.29, 0.717) is 22.7 Å². The van der Waals surface area contributed by atoms with E-state index in [2.05, 4.69) is 12.2 Å². The molecule has 7 nitrogen and oxygen atoms in total. The van der Waals surface area contributed by atoms with Gasteiger partial charge in [-0.25, -0.2) is 0 Å². The van der Waals surface area contributed by atoms with Crippen LogP contribution >= 0.6 is 0 Å². The molecule has 0 aliphatic carbocycles. The van der Waals surface area contributed by atoms with E-state index < -0.39 is 4.92 Å². The van der Waals surface area contributed by atoms with Crippen molar-refractivity contribution in [1.82, 2.24) is 4.90 Å². The zero-order valence-corrected chi connectivity index (χ0v) is 16.2. The Morgan fingerprint density at radius 2 is 1.83 bits per heavy atom. The Morgan fingerprint density at radius 3 is 2.48 bits per heavy atom. The van der Waals surface area contributed by atoms with Crippen LogP contribution in [0.25, 0.3) is 6.08 Å². The fraction of sp³-hybridized carbons (Fsp3) is 0.273. The van der Waals surface area contributed by atoms with Crippen LogP contribution in [0.2, 0.25) is 0 Å². The van der Waals surface area contributed by atoms with Crippen molar-refractivity contribution in [3.63, 3.8) is 0 Å². The number of nitrogens with one attached hydrogen (secondary N) is 1. The first-order valence-electron chi connectivity index (χ1n) is 9.55. The highest BCUT2D eigenvalue weighted by molar-refractivity contribution is 6.03. The maximum absolute atomic E-state index is 12.7. The van der Waals surface area contributed by atoms with Gasteiger partial charge in [-0.2, -0.15) is 0 Å². The van der Waals surface area contributed by atoms with Crippen LogP contribution in [0.5, 0.6) is 0 Å². The number of nitrogens with zero attached hydrogens (tertiary/aromatic N) is 2. The predicted octanol–water partition coefficient (Wildman–Crippen LogP) is 4.12. The first-order chi connectivity index (χ1) is 13.9. The SMILES string of the molecule is CC1CCN(C(=O)c2cccc(NC(=O)/C=C/c3ccc([N+](=O)[O-])cc3)c2)CC1. The fourth-order valence-corrected chi connectivity index (χ4v) is 3.19. The average Bonchev–Trinajstić information content (AvgIpc) is 2.73. The molecule has 3 rings (SSSR count). The van der Waals surface area contributed by atoms with E-state index in [1.807, 2.05) is 4.90 Å². The Hall–Kier alpha value is -3.48. The standard InChI is InChI=1S/C22H23N3O4/c1-16-11-13-24(14-12-16)22(27)18-3-2-4-19(15-18)23-21(26)10-7-17-5-8-20(9-6-17)25(28)29/h2-10,15-16H,11-14H2,1H3,(H,23,26)/b10-7+. The van der Waals surface area contributed by atoms with E-state index in [1.54, 1.807) is 42.5 Å². The minimum Gasteiger partial charge on any atom is -0.339 e. The molecule has 0 spiro atoms. The van der Waals surface area contributed by atoms with E-state index in [-0.39, 0.29) is 17.5 Å². The normalized spacial score (nSPS) is 14.7. The second-order valence-corrected chi connectivity index (χ2v) is 7.23. The first kappa shape index (κ1) is 20.3. The van der Waals surface area contributed by atoms with E-state index in [0.717, 1.165) is 25.9 Å². The van der Waals surface area contributed by atoms with Crippen molar-refractivity contribution >= 4 is 29.3 Å². The summed E-state index contributed by atoms with van der Waals surface area (Å²) in [4.78, 5) is 36.9. The third kappa shape index (κ3) is 5.51. The predicted molar refractivity (Wildman–Crippen MR) is 112 cm³/mol. The van der Waals surface area contributed by atoms with E-state index in [9.17, 15) is 19.7 Å². The monoisotopic (exact) mass is 393 g/mol. The van der Waals surface area contributed by atoms with Crippen LogP contribution in [-0.2, 0) is 4.79 Å². The number of hydrogen-bond acceptors (Lipinski definition) is 4. The molecule has 0 bridgehead atoms. The number of anilines is 1. The molecule has 1 aliphatic rings. The molecule has 0 atom stereocenters. The van der Waals surface area contributed by atoms with Crippen molar-refractivity contribution in [1.29, 1.82) is 0 Å². The number of nitro benzene ring substituents is 1. The van der Waals surface area contributed by atoms with Crippen LogP contribution in [0.15, 0.2) is 54.6 Å². The lowest BCUT2D eigenvalue weighted by Gasteiger charge is -2.30. The lowest BCUT2D eigenvalue weighted by molar-refractivity contribution is -0.384. The topological polar surface area (TPSA) is 92.6 Å². The quantitative estimate of drug-likeness (QED) is 0.470. The number of non-ortho nitro benzene ring substituents is 1. The van der Waals surface area contributed by atoms with Gasteiger partial charge in [-0.15, -0.1) is 0 Å². The number of piperidine rings is 1. The maximum atomic E-state index is 12.7. The molecule has 1 heterocycles. The third-order valence-corrected chi connectivity index (χ3v) is 4.98. The molecule has 2 amide bonds. The summed E-state index contributed by atoms with van der Waals surface area (Å²) in [5.74, 6) is 0.279. The molecule has 2 aromatic carbocycles. The number of carbonyl (C=O) groups excluding carboxylic acids is 2. The van der Waals surface area contributed by atoms with Crippen LogP contribution in [0.1, 0.15) is 35.7 Å². The summed E-state index contributed by atoms with van der Waals surface area (Å²) in [7, 11) is 0. The number of nitro groups is 1. The van der Waals surface area contributed by atoms with Crippen molar-refractivity contribution in [3.8, 4) is 0 Å². The summed E-state index contributed by atoms with van der Waals surface area (Å²) in [6.07, 6.45) is 4.94. The second-order valence-electron chi connectivity index (χ2n) is 7.23. The zero-order valence-electron chi connectivity index (χ0n) is 16.2. The smallest absolute Gasteiger partial charge is 0.269 e. The summed E-state index contributed by atoms with van der Waals surface area (Å²) >= 11 is 0. The van der Waals surface area contributed by atoms with Gasteiger partial charge in [0.05, 0.1) is 4.92 Å². The lowest BCUT2D eigenvalue weighted by Crippen LogP contribution is -2.37. The Labute approximate surface area is 169 Å². The van der Waals surface area contributed by atoms with Crippen molar-refractivity contribution < 1.29 is 14.5 Å². The molecule has 1 N–H and O–H groups in total. The molecule has 2 aromatic rings. The molecule has 7 heteroatoms. The molecule has 1 saturated heterocycles. The molecule has 0 saturated carbocycles. The number of likely N-dealkylation sites (tertiary alicyclic amines) is 1. The van der Waals surface area contributed by atoms with E-state index in [4.69, 9.17) is 0 Å². The van der Waals surface area contributed by atoms with Crippen molar-refractivity contribution in [2.45, 2.75) is 19.8 Å². The highest BCUT2D eigenvalue weighted by Crippen LogP contribution is 2.20. The fourth-order valence-electron chi connectivity index (χ4n) is 3.19. The molecule has 29 heavy (non-hydrogen) atoms. The van der Waals surface area contributed by atoms with Crippen molar-refractivity contribution in [2.75, 3.05) is 18.4 Å². The summed E-state index contributed by atoms with van der Waals surface area (Å²) < 4.78 is 0. The second kappa shape index (κ2) is 9.14. The van der Waals surface area contributed by atoms with Crippen LogP contribution < -0.4 is 5.32 Å². The largest absolute Gasteiger partial charge is 0.339 e. The van der Waals surface area contributed by atoms with Gasteiger partial charge in [-0.05, 0) is 60.7 Å². The molecule has 1 aliphatic heterocycles. The van der Waals surface area contributed by atoms with Gasteiger partial charge >= 0.3 is 0 Å². The van der Waals surface area contributed by atoms with E-state index in [1.165, 1.54) is 18.2 Å². The minimum atomic E-state index is -0.473. The Morgan fingerprint density at radius 1 is 1.14 bits per heavy atom. The average molecular weight is 393 g/mol. The molecule has 1 fully saturated rings. The van der Waals surface area contributed by atoms with Crippen LogP contribution in [0, 0.1) is 16.0 Å². The maximum Gasteiger partial charge on any atom is 0.269 e. The van der Waals surface area contributed by atoms with Gasteiger partial charge in [0.1, 0.15) is 0 Å². The number of carbonyl (C=O) groups is 2. The summed E-state index contributed by atoms with van der Waals surface area (Å²) in [6.45, 7) is 3.71. The zero-order chi connectivity index (χ0) is 20.8. The molecule has 0 unspecified atom stereocenters. The van der Waals surface area contributed by atoms with Gasteiger partial charge in [0.25, 0.3) is 11.6 Å². The lowest BCUT2D eigenvalue weighted by atomic mass is 9.98. The number of benzene rings is 2. The summed E-state index contributed by atoms with van der Waals surface area (Å²) in [5.41, 5.74) is 1.77.